The van der Waals surface area contributed by atoms with Gasteiger partial charge in [-0.05, 0) is 45.0 Å². The molecule has 29 heavy (non-hydrogen) atoms. The van der Waals surface area contributed by atoms with Crippen LogP contribution in [0, 0.1) is 0 Å². The van der Waals surface area contributed by atoms with Crippen molar-refractivity contribution in [3.05, 3.63) is 46.8 Å². The van der Waals surface area contributed by atoms with E-state index in [1.165, 1.54) is 11.3 Å². The minimum absolute atomic E-state index is 0.234. The van der Waals surface area contributed by atoms with Crippen molar-refractivity contribution in [2.24, 2.45) is 4.99 Å². The number of ether oxygens (including phenoxy) is 2. The molecule has 7 heteroatoms. The van der Waals surface area contributed by atoms with Gasteiger partial charge in [0.1, 0.15) is 13.2 Å². The molecule has 2 heterocycles. The molecule has 1 aromatic heterocycles. The summed E-state index contributed by atoms with van der Waals surface area (Å²) < 4.78 is 14.5. The van der Waals surface area contributed by atoms with Crippen molar-refractivity contribution in [3.8, 4) is 11.5 Å². The fourth-order valence-corrected chi connectivity index (χ4v) is 4.65. The summed E-state index contributed by atoms with van der Waals surface area (Å²) in [4.78, 5) is 20.2. The minimum atomic E-state index is -0.234. The van der Waals surface area contributed by atoms with Gasteiger partial charge in [-0.1, -0.05) is 11.3 Å². The van der Waals surface area contributed by atoms with E-state index in [0.717, 1.165) is 40.5 Å². The Morgan fingerprint density at radius 1 is 1.07 bits per heavy atom. The number of hydrogen-bond donors (Lipinski definition) is 0. The lowest BCUT2D eigenvalue weighted by molar-refractivity contribution is 0.0998. The molecule has 0 aliphatic carbocycles. The molecule has 3 aromatic rings. The molecule has 0 unspecified atom stereocenters. The molecule has 0 fully saturated rings. The number of rotatable bonds is 5. The molecule has 0 saturated carbocycles. The standard InChI is InChI=1S/C22H25N3O3S/c1-4-24(5-2)16-9-7-15(8-10-16)21(26)23-22-25(6-3)17-13-18-19(14-20(17)29-22)28-12-11-27-18/h7-10,13-14H,4-6,11-12H2,1-3H3. The number of fused-ring (bicyclic) bond motifs is 2. The number of thiazole rings is 1. The first kappa shape index (κ1) is 19.5. The summed E-state index contributed by atoms with van der Waals surface area (Å²) in [6.07, 6.45) is 0. The molecule has 0 bridgehead atoms. The average molecular weight is 412 g/mol. The lowest BCUT2D eigenvalue weighted by Gasteiger charge is -2.20. The molecule has 152 valence electrons. The second kappa shape index (κ2) is 8.29. The summed E-state index contributed by atoms with van der Waals surface area (Å²) >= 11 is 1.49. The van der Waals surface area contributed by atoms with Gasteiger partial charge in [0.2, 0.25) is 0 Å². The van der Waals surface area contributed by atoms with Crippen LogP contribution in [0.3, 0.4) is 0 Å². The van der Waals surface area contributed by atoms with E-state index >= 15 is 0 Å². The van der Waals surface area contributed by atoms with Crippen LogP contribution in [-0.4, -0.2) is 36.8 Å². The Hall–Kier alpha value is -2.80. The number of aromatic nitrogens is 1. The first-order valence-electron chi connectivity index (χ1n) is 10.0. The molecule has 1 amide bonds. The molecule has 0 spiro atoms. The molecule has 0 atom stereocenters. The maximum Gasteiger partial charge on any atom is 0.279 e. The average Bonchev–Trinajstić information content (AvgIpc) is 3.09. The van der Waals surface area contributed by atoms with E-state index in [0.29, 0.717) is 30.1 Å². The molecular formula is C22H25N3O3S. The fourth-order valence-electron chi connectivity index (χ4n) is 3.55. The number of amides is 1. The number of hydrogen-bond acceptors (Lipinski definition) is 5. The second-order valence-corrected chi connectivity index (χ2v) is 7.74. The first-order valence-corrected chi connectivity index (χ1v) is 10.8. The van der Waals surface area contributed by atoms with Crippen LogP contribution in [0.2, 0.25) is 0 Å². The van der Waals surface area contributed by atoms with Crippen molar-refractivity contribution >= 4 is 33.1 Å². The largest absolute Gasteiger partial charge is 0.486 e. The molecular weight excluding hydrogens is 386 g/mol. The third kappa shape index (κ3) is 3.74. The molecule has 0 saturated heterocycles. The lowest BCUT2D eigenvalue weighted by atomic mass is 10.2. The van der Waals surface area contributed by atoms with Gasteiger partial charge in [0.15, 0.2) is 16.3 Å². The van der Waals surface area contributed by atoms with Gasteiger partial charge in [0.05, 0.1) is 10.2 Å². The Morgan fingerprint density at radius 3 is 2.34 bits per heavy atom. The van der Waals surface area contributed by atoms with Crippen molar-refractivity contribution in [3.63, 3.8) is 0 Å². The molecule has 1 aliphatic heterocycles. The van der Waals surface area contributed by atoms with Crippen LogP contribution >= 0.6 is 11.3 Å². The Kier molecular flexibility index (Phi) is 5.58. The number of benzene rings is 2. The molecule has 2 aromatic carbocycles. The molecule has 1 aliphatic rings. The van der Waals surface area contributed by atoms with Crippen LogP contribution in [-0.2, 0) is 6.54 Å². The van der Waals surface area contributed by atoms with Crippen LogP contribution < -0.4 is 19.2 Å². The molecule has 0 N–H and O–H groups in total. The smallest absolute Gasteiger partial charge is 0.279 e. The molecule has 4 rings (SSSR count). The Morgan fingerprint density at radius 2 is 1.72 bits per heavy atom. The summed E-state index contributed by atoms with van der Waals surface area (Å²) in [7, 11) is 0. The highest BCUT2D eigenvalue weighted by atomic mass is 32.1. The van der Waals surface area contributed by atoms with Crippen LogP contribution in [0.1, 0.15) is 31.1 Å². The summed E-state index contributed by atoms with van der Waals surface area (Å²) in [5.74, 6) is 1.26. The Balaban J connectivity index is 1.70. The summed E-state index contributed by atoms with van der Waals surface area (Å²) in [6, 6.07) is 11.6. The first-order chi connectivity index (χ1) is 14.1. The second-order valence-electron chi connectivity index (χ2n) is 6.73. The van der Waals surface area contributed by atoms with Gasteiger partial charge in [-0.15, -0.1) is 0 Å². The number of anilines is 1. The van der Waals surface area contributed by atoms with Crippen LogP contribution in [0.15, 0.2) is 41.4 Å². The van der Waals surface area contributed by atoms with Crippen molar-refractivity contribution in [1.29, 1.82) is 0 Å². The zero-order chi connectivity index (χ0) is 20.4. The zero-order valence-corrected chi connectivity index (χ0v) is 17.8. The normalized spacial score (nSPS) is 13.7. The van der Waals surface area contributed by atoms with Gasteiger partial charge in [-0.25, -0.2) is 0 Å². The zero-order valence-electron chi connectivity index (χ0n) is 17.0. The quantitative estimate of drug-likeness (QED) is 0.635. The van der Waals surface area contributed by atoms with Gasteiger partial charge in [-0.3, -0.25) is 4.79 Å². The van der Waals surface area contributed by atoms with E-state index < -0.39 is 0 Å². The number of nitrogens with zero attached hydrogens (tertiary/aromatic N) is 3. The SMILES string of the molecule is CCN(CC)c1ccc(C(=O)N=c2sc3cc4c(cc3n2CC)OCCO4)cc1. The number of carbonyl (C=O) groups excluding carboxylic acids is 1. The third-order valence-corrected chi connectivity index (χ3v) is 6.14. The van der Waals surface area contributed by atoms with Crippen molar-refractivity contribution < 1.29 is 14.3 Å². The van der Waals surface area contributed by atoms with Crippen molar-refractivity contribution in [1.82, 2.24) is 4.57 Å². The predicted octanol–water partition coefficient (Wildman–Crippen LogP) is 4.08. The highest BCUT2D eigenvalue weighted by Gasteiger charge is 2.16. The Labute approximate surface area is 174 Å². The van der Waals surface area contributed by atoms with Crippen LogP contribution in [0.25, 0.3) is 10.2 Å². The van der Waals surface area contributed by atoms with Gasteiger partial charge in [0, 0.05) is 43.0 Å². The van der Waals surface area contributed by atoms with E-state index in [1.54, 1.807) is 0 Å². The van der Waals surface area contributed by atoms with E-state index in [-0.39, 0.29) is 5.91 Å². The van der Waals surface area contributed by atoms with Gasteiger partial charge < -0.3 is 18.9 Å². The summed E-state index contributed by atoms with van der Waals surface area (Å²) in [6.45, 7) is 9.98. The lowest BCUT2D eigenvalue weighted by Crippen LogP contribution is -2.21. The monoisotopic (exact) mass is 411 g/mol. The fraction of sp³-hybridized carbons (Fsp3) is 0.364. The summed E-state index contributed by atoms with van der Waals surface area (Å²) in [5, 5.41) is 0. The highest BCUT2D eigenvalue weighted by molar-refractivity contribution is 7.16. The predicted molar refractivity (Wildman–Crippen MR) is 116 cm³/mol. The van der Waals surface area contributed by atoms with Crippen LogP contribution in [0.5, 0.6) is 11.5 Å². The number of carbonyl (C=O) groups is 1. The topological polar surface area (TPSA) is 56.1 Å². The highest BCUT2D eigenvalue weighted by Crippen LogP contribution is 2.35. The van der Waals surface area contributed by atoms with E-state index in [9.17, 15) is 4.79 Å². The van der Waals surface area contributed by atoms with Gasteiger partial charge in [-0.2, -0.15) is 4.99 Å². The number of aryl methyl sites for hydroxylation is 1. The Bertz CT molecular complexity index is 1090. The van der Waals surface area contributed by atoms with E-state index in [2.05, 4.69) is 23.7 Å². The van der Waals surface area contributed by atoms with Crippen molar-refractivity contribution in [2.45, 2.75) is 27.3 Å². The van der Waals surface area contributed by atoms with Crippen LogP contribution in [0.4, 0.5) is 5.69 Å². The molecule has 6 nitrogen and oxygen atoms in total. The minimum Gasteiger partial charge on any atom is -0.486 e. The van der Waals surface area contributed by atoms with Crippen molar-refractivity contribution in [2.75, 3.05) is 31.2 Å². The third-order valence-electron chi connectivity index (χ3n) is 5.10. The van der Waals surface area contributed by atoms with Gasteiger partial charge in [0.25, 0.3) is 5.91 Å². The molecule has 0 radical (unpaired) electrons. The van der Waals surface area contributed by atoms with E-state index in [4.69, 9.17) is 9.47 Å². The maximum atomic E-state index is 12.8. The summed E-state index contributed by atoms with van der Waals surface area (Å²) in [5.41, 5.74) is 2.71. The van der Waals surface area contributed by atoms with Gasteiger partial charge >= 0.3 is 0 Å². The maximum absolute atomic E-state index is 12.8. The van der Waals surface area contributed by atoms with E-state index in [1.807, 2.05) is 47.9 Å².